The van der Waals surface area contributed by atoms with Gasteiger partial charge in [0.05, 0.1) is 27.4 Å². The second-order valence-electron chi connectivity index (χ2n) is 8.01. The van der Waals surface area contributed by atoms with E-state index < -0.39 is 24.6 Å². The molecular weight excluding hydrogens is 440 g/mol. The molecule has 1 fully saturated rings. The van der Waals surface area contributed by atoms with Gasteiger partial charge in [-0.1, -0.05) is 24.3 Å². The van der Waals surface area contributed by atoms with E-state index in [-0.39, 0.29) is 41.8 Å². The van der Waals surface area contributed by atoms with Crippen LogP contribution in [0.2, 0.25) is 0 Å². The summed E-state index contributed by atoms with van der Waals surface area (Å²) in [6.07, 6.45) is 2.74. The van der Waals surface area contributed by atoms with Crippen LogP contribution in [0, 0.1) is 12.7 Å². The Kier molecular flexibility index (Phi) is 8.25. The largest absolute Gasteiger partial charge is 1.00 e. The summed E-state index contributed by atoms with van der Waals surface area (Å²) >= 11 is 1.57. The molecule has 4 rings (SSSR count). The van der Waals surface area contributed by atoms with Gasteiger partial charge >= 0.3 is 29.6 Å². The summed E-state index contributed by atoms with van der Waals surface area (Å²) in [7, 11) is 0. The molecule has 0 amide bonds. The Balaban J connectivity index is 0.00000289. The molecule has 1 aliphatic carbocycles. The van der Waals surface area contributed by atoms with Gasteiger partial charge in [-0.2, -0.15) is 0 Å². The second-order valence-corrected chi connectivity index (χ2v) is 9.21. The molecule has 2 aromatic carbocycles. The minimum atomic E-state index is -1.36. The third kappa shape index (κ3) is 5.84. The molecule has 1 aliphatic rings. The van der Waals surface area contributed by atoms with Gasteiger partial charge in [-0.3, -0.25) is 0 Å². The number of carbonyl (C=O) groups excluding carboxylic acids is 1. The van der Waals surface area contributed by atoms with Crippen LogP contribution in [0.1, 0.15) is 47.7 Å². The third-order valence-corrected chi connectivity index (χ3v) is 6.41. The number of rotatable bonds is 8. The van der Waals surface area contributed by atoms with Crippen molar-refractivity contribution in [3.63, 3.8) is 0 Å². The molecule has 0 spiro atoms. The molecule has 0 saturated heterocycles. The normalized spacial score (nSPS) is 15.6. The van der Waals surface area contributed by atoms with Crippen LogP contribution in [-0.2, 0) is 4.79 Å². The van der Waals surface area contributed by atoms with Crippen LogP contribution in [0.5, 0.6) is 0 Å². The first-order valence-electron chi connectivity index (χ1n) is 10.3. The van der Waals surface area contributed by atoms with Gasteiger partial charge in [-0.05, 0) is 60.6 Å². The number of carbonyl (C=O) groups is 1. The number of aliphatic hydroxyl groups excluding tert-OH is 2. The predicted molar refractivity (Wildman–Crippen MR) is 117 cm³/mol. The summed E-state index contributed by atoms with van der Waals surface area (Å²) < 4.78 is 14.6. The molecule has 2 N–H and O–H groups in total. The summed E-state index contributed by atoms with van der Waals surface area (Å²) in [6, 6.07) is 8.44. The molecule has 0 bridgehead atoms. The van der Waals surface area contributed by atoms with Crippen LogP contribution in [0.15, 0.2) is 36.4 Å². The SMILES string of the molecule is Cc1nc2cc(C3CC3)c(/C=C/[C@@H](O)C[C@@H](O)CC(=O)[O-])c(-c3ccc(F)cc3)c2s1.[Na+]. The molecule has 1 aromatic heterocycles. The number of carboxylic acids is 1. The second kappa shape index (κ2) is 10.5. The number of carboxylic acid groups (broad SMARTS) is 1. The summed E-state index contributed by atoms with van der Waals surface area (Å²) in [5.41, 5.74) is 4.80. The Morgan fingerprint density at radius 2 is 2.00 bits per heavy atom. The Labute approximate surface area is 211 Å². The van der Waals surface area contributed by atoms with Crippen LogP contribution in [0.4, 0.5) is 4.39 Å². The van der Waals surface area contributed by atoms with Gasteiger partial charge in [-0.15, -0.1) is 11.3 Å². The zero-order valence-electron chi connectivity index (χ0n) is 18.0. The number of hydrogen-bond acceptors (Lipinski definition) is 6. The number of hydrogen-bond donors (Lipinski definition) is 2. The van der Waals surface area contributed by atoms with E-state index in [1.165, 1.54) is 12.1 Å². The van der Waals surface area contributed by atoms with Crippen molar-refractivity contribution in [2.24, 2.45) is 0 Å². The van der Waals surface area contributed by atoms with Crippen molar-refractivity contribution in [2.45, 2.75) is 50.7 Å². The van der Waals surface area contributed by atoms with Crippen LogP contribution in [-0.4, -0.2) is 33.4 Å². The number of aliphatic carboxylic acids is 1. The number of aliphatic hydroxyl groups is 2. The monoisotopic (exact) mass is 463 g/mol. The minimum absolute atomic E-state index is 0. The smallest absolute Gasteiger partial charge is 0.550 e. The molecule has 0 aliphatic heterocycles. The summed E-state index contributed by atoms with van der Waals surface area (Å²) in [5, 5.41) is 31.7. The number of halogens is 1. The van der Waals surface area contributed by atoms with Crippen molar-refractivity contribution in [2.75, 3.05) is 0 Å². The molecule has 2 atom stereocenters. The maximum absolute atomic E-state index is 13.6. The van der Waals surface area contributed by atoms with E-state index in [9.17, 15) is 24.5 Å². The van der Waals surface area contributed by atoms with E-state index in [2.05, 4.69) is 11.1 Å². The van der Waals surface area contributed by atoms with Crippen molar-refractivity contribution >= 4 is 33.6 Å². The minimum Gasteiger partial charge on any atom is -0.550 e. The fourth-order valence-corrected chi connectivity index (χ4v) is 4.85. The Morgan fingerprint density at radius 3 is 2.62 bits per heavy atom. The summed E-state index contributed by atoms with van der Waals surface area (Å²) in [4.78, 5) is 15.3. The Bertz CT molecular complexity index is 1140. The number of fused-ring (bicyclic) bond motifs is 1. The topological polar surface area (TPSA) is 93.5 Å². The van der Waals surface area contributed by atoms with Gasteiger partial charge in [0.2, 0.25) is 0 Å². The summed E-state index contributed by atoms with van der Waals surface area (Å²) in [6.45, 7) is 1.95. The number of aromatic nitrogens is 1. The van der Waals surface area contributed by atoms with Crippen molar-refractivity contribution in [1.29, 1.82) is 0 Å². The molecular formula is C24H23FNNaO4S. The molecule has 0 unspecified atom stereocenters. The molecule has 1 saturated carbocycles. The van der Waals surface area contributed by atoms with Crippen LogP contribution < -0.4 is 34.7 Å². The van der Waals surface area contributed by atoms with Crippen molar-refractivity contribution in [1.82, 2.24) is 4.98 Å². The van der Waals surface area contributed by atoms with Crippen molar-refractivity contribution < 1.29 is 54.1 Å². The molecule has 1 heterocycles. The van der Waals surface area contributed by atoms with Crippen molar-refractivity contribution in [3.8, 4) is 11.1 Å². The van der Waals surface area contributed by atoms with Gasteiger partial charge in [-0.25, -0.2) is 9.37 Å². The molecule has 3 aromatic rings. The van der Waals surface area contributed by atoms with Crippen LogP contribution in [0.25, 0.3) is 27.4 Å². The number of benzene rings is 2. The van der Waals surface area contributed by atoms with E-state index in [1.54, 1.807) is 29.5 Å². The van der Waals surface area contributed by atoms with Gasteiger partial charge in [0, 0.05) is 24.4 Å². The first-order chi connectivity index (χ1) is 14.8. The fourth-order valence-electron chi connectivity index (χ4n) is 3.87. The van der Waals surface area contributed by atoms with Gasteiger partial charge in [0.1, 0.15) is 5.82 Å². The molecule has 5 nitrogen and oxygen atoms in total. The van der Waals surface area contributed by atoms with E-state index >= 15 is 0 Å². The number of nitrogens with zero attached hydrogens (tertiary/aromatic N) is 1. The standard InChI is InChI=1S/C24H24FNO4S.Na/c1-13-26-21-12-20(14-2-3-14)19(9-8-17(27)10-18(28)11-22(29)30)23(24(21)31-13)15-4-6-16(25)7-5-15;/h4-9,12,14,17-18,27-28H,2-3,10-11H2,1H3,(H,29,30);/q;+1/p-1/b9-8+;/t17-,18-;/m1./s1. The van der Waals surface area contributed by atoms with E-state index in [0.717, 1.165) is 50.3 Å². The van der Waals surface area contributed by atoms with Gasteiger partial charge in [0.25, 0.3) is 0 Å². The average molecular weight is 464 g/mol. The van der Waals surface area contributed by atoms with E-state index in [1.807, 2.05) is 13.0 Å². The molecule has 8 heteroatoms. The van der Waals surface area contributed by atoms with E-state index in [4.69, 9.17) is 0 Å². The molecule has 32 heavy (non-hydrogen) atoms. The van der Waals surface area contributed by atoms with Crippen LogP contribution in [0.3, 0.4) is 0 Å². The Morgan fingerprint density at radius 1 is 1.31 bits per heavy atom. The van der Waals surface area contributed by atoms with E-state index in [0.29, 0.717) is 5.92 Å². The predicted octanol–water partition coefficient (Wildman–Crippen LogP) is 0.557. The Hall–Kier alpha value is -1.61. The summed E-state index contributed by atoms with van der Waals surface area (Å²) in [5.74, 6) is -1.26. The first kappa shape index (κ1) is 25.0. The zero-order valence-corrected chi connectivity index (χ0v) is 20.9. The third-order valence-electron chi connectivity index (χ3n) is 5.41. The quantitative estimate of drug-likeness (QED) is 0.476. The number of thiazole rings is 1. The van der Waals surface area contributed by atoms with Gasteiger partial charge in [0.15, 0.2) is 0 Å². The van der Waals surface area contributed by atoms with Crippen LogP contribution >= 0.6 is 11.3 Å². The fraction of sp³-hybridized carbons (Fsp3) is 0.333. The van der Waals surface area contributed by atoms with Gasteiger partial charge < -0.3 is 20.1 Å². The molecule has 162 valence electrons. The first-order valence-corrected chi connectivity index (χ1v) is 11.1. The molecule has 0 radical (unpaired) electrons. The zero-order chi connectivity index (χ0) is 22.1. The average Bonchev–Trinajstić information content (AvgIpc) is 3.46. The maximum atomic E-state index is 13.6. The maximum Gasteiger partial charge on any atom is 1.00 e. The number of aryl methyl sites for hydroxylation is 1. The van der Waals surface area contributed by atoms with Crippen molar-refractivity contribution in [3.05, 3.63) is 58.4 Å².